The van der Waals surface area contributed by atoms with E-state index < -0.39 is 6.10 Å². The number of rotatable bonds is 5. The normalized spacial score (nSPS) is 18.4. The highest BCUT2D eigenvalue weighted by molar-refractivity contribution is 6.00. The Bertz CT molecular complexity index is 1190. The number of hydrogen-bond donors (Lipinski definition) is 1. The number of ether oxygens (including phenoxy) is 3. The van der Waals surface area contributed by atoms with Crippen molar-refractivity contribution in [2.75, 3.05) is 13.2 Å². The summed E-state index contributed by atoms with van der Waals surface area (Å²) < 4.78 is 17.4. The second-order valence-corrected chi connectivity index (χ2v) is 7.98. The summed E-state index contributed by atoms with van der Waals surface area (Å²) in [5.41, 5.74) is 3.65. The van der Waals surface area contributed by atoms with Gasteiger partial charge in [-0.2, -0.15) is 0 Å². The van der Waals surface area contributed by atoms with Gasteiger partial charge in [0.15, 0.2) is 17.3 Å². The van der Waals surface area contributed by atoms with Crippen molar-refractivity contribution in [1.29, 1.82) is 0 Å². The van der Waals surface area contributed by atoms with E-state index in [0.29, 0.717) is 30.0 Å². The molecule has 0 bridgehead atoms. The van der Waals surface area contributed by atoms with Gasteiger partial charge in [0.2, 0.25) is 6.10 Å². The number of amides is 1. The van der Waals surface area contributed by atoms with Crippen LogP contribution < -0.4 is 19.5 Å². The summed E-state index contributed by atoms with van der Waals surface area (Å²) in [7, 11) is 0. The molecular weight excluding hydrogens is 406 g/mol. The highest BCUT2D eigenvalue weighted by Crippen LogP contribution is 2.34. The molecule has 2 heterocycles. The van der Waals surface area contributed by atoms with Crippen LogP contribution in [0.3, 0.4) is 0 Å². The number of benzene rings is 3. The molecule has 1 N–H and O–H groups in total. The summed E-state index contributed by atoms with van der Waals surface area (Å²) in [4.78, 5) is 24.6. The third kappa shape index (κ3) is 3.91. The SMILES string of the molecule is CC(=O)c1ccccc1-c1ccc2c(c1)C[C@H](CNC(=O)[C@@H]1COc3ccccc3O1)O2. The predicted molar refractivity (Wildman–Crippen MR) is 119 cm³/mol. The van der Waals surface area contributed by atoms with Gasteiger partial charge in [-0.05, 0) is 47.9 Å². The van der Waals surface area contributed by atoms with Crippen LogP contribution in [0, 0.1) is 0 Å². The molecule has 162 valence electrons. The minimum Gasteiger partial charge on any atom is -0.488 e. The third-order valence-corrected chi connectivity index (χ3v) is 5.72. The Hall–Kier alpha value is -3.80. The maximum Gasteiger partial charge on any atom is 0.264 e. The summed E-state index contributed by atoms with van der Waals surface area (Å²) in [5, 5.41) is 2.92. The zero-order valence-electron chi connectivity index (χ0n) is 17.7. The van der Waals surface area contributed by atoms with E-state index >= 15 is 0 Å². The van der Waals surface area contributed by atoms with Gasteiger partial charge in [0.25, 0.3) is 5.91 Å². The highest BCUT2D eigenvalue weighted by Gasteiger charge is 2.29. The number of ketones is 1. The fourth-order valence-corrected chi connectivity index (χ4v) is 4.12. The van der Waals surface area contributed by atoms with Crippen LogP contribution in [0.15, 0.2) is 66.7 Å². The molecule has 2 aliphatic rings. The number of nitrogens with one attached hydrogen (secondary N) is 1. The molecule has 3 aromatic carbocycles. The van der Waals surface area contributed by atoms with Crippen molar-refractivity contribution in [2.45, 2.75) is 25.6 Å². The topological polar surface area (TPSA) is 73.9 Å². The average Bonchev–Trinajstić information content (AvgIpc) is 3.24. The molecule has 0 spiro atoms. The maximum absolute atomic E-state index is 12.6. The number of carbonyl (C=O) groups excluding carboxylic acids is 2. The van der Waals surface area contributed by atoms with Gasteiger partial charge in [0.1, 0.15) is 18.5 Å². The first-order valence-corrected chi connectivity index (χ1v) is 10.6. The maximum atomic E-state index is 12.6. The van der Waals surface area contributed by atoms with Crippen molar-refractivity contribution in [1.82, 2.24) is 5.32 Å². The van der Waals surface area contributed by atoms with Gasteiger partial charge in [0, 0.05) is 12.0 Å². The molecule has 2 aliphatic heterocycles. The summed E-state index contributed by atoms with van der Waals surface area (Å²) >= 11 is 0. The minimum absolute atomic E-state index is 0.0365. The second-order valence-electron chi connectivity index (χ2n) is 7.98. The fourth-order valence-electron chi connectivity index (χ4n) is 4.12. The van der Waals surface area contributed by atoms with Crippen LogP contribution in [0.5, 0.6) is 17.2 Å². The Morgan fingerprint density at radius 3 is 2.56 bits per heavy atom. The lowest BCUT2D eigenvalue weighted by Crippen LogP contribution is -2.46. The number of fused-ring (bicyclic) bond motifs is 2. The van der Waals surface area contributed by atoms with Crippen LogP contribution in [-0.2, 0) is 11.2 Å². The van der Waals surface area contributed by atoms with E-state index in [2.05, 4.69) is 11.4 Å². The smallest absolute Gasteiger partial charge is 0.264 e. The van der Waals surface area contributed by atoms with Crippen LogP contribution in [-0.4, -0.2) is 37.0 Å². The van der Waals surface area contributed by atoms with Gasteiger partial charge in [-0.25, -0.2) is 0 Å². The lowest BCUT2D eigenvalue weighted by molar-refractivity contribution is -0.130. The van der Waals surface area contributed by atoms with Crippen LogP contribution >= 0.6 is 0 Å². The first-order chi connectivity index (χ1) is 15.6. The zero-order valence-corrected chi connectivity index (χ0v) is 17.7. The molecule has 0 saturated heterocycles. The van der Waals surface area contributed by atoms with Crippen molar-refractivity contribution in [3.8, 4) is 28.4 Å². The molecule has 5 rings (SSSR count). The lowest BCUT2D eigenvalue weighted by atomic mass is 9.95. The van der Waals surface area contributed by atoms with Crippen LogP contribution in [0.2, 0.25) is 0 Å². The first-order valence-electron chi connectivity index (χ1n) is 10.6. The molecule has 0 radical (unpaired) electrons. The van der Waals surface area contributed by atoms with Gasteiger partial charge in [-0.15, -0.1) is 0 Å². The Balaban J connectivity index is 1.22. The molecule has 32 heavy (non-hydrogen) atoms. The molecule has 0 fully saturated rings. The molecule has 2 atom stereocenters. The minimum atomic E-state index is -0.691. The van der Waals surface area contributed by atoms with Crippen LogP contribution in [0.1, 0.15) is 22.8 Å². The molecule has 0 aliphatic carbocycles. The van der Waals surface area contributed by atoms with E-state index in [4.69, 9.17) is 14.2 Å². The van der Waals surface area contributed by atoms with E-state index in [-0.39, 0.29) is 24.4 Å². The molecular formula is C26H23NO5. The highest BCUT2D eigenvalue weighted by atomic mass is 16.6. The predicted octanol–water partition coefficient (Wildman–Crippen LogP) is 3.82. The molecule has 1 amide bonds. The molecule has 3 aromatic rings. The molecule has 0 aromatic heterocycles. The van der Waals surface area contributed by atoms with E-state index in [0.717, 1.165) is 22.4 Å². The zero-order chi connectivity index (χ0) is 22.1. The summed E-state index contributed by atoms with van der Waals surface area (Å²) in [6.07, 6.45) is -0.177. The monoisotopic (exact) mass is 429 g/mol. The Kier molecular flexibility index (Phi) is 5.27. The van der Waals surface area contributed by atoms with Gasteiger partial charge in [-0.1, -0.05) is 42.5 Å². The van der Waals surface area contributed by atoms with Crippen molar-refractivity contribution in [3.63, 3.8) is 0 Å². The Labute approximate surface area is 186 Å². The summed E-state index contributed by atoms with van der Waals surface area (Å²) in [5.74, 6) is 1.83. The summed E-state index contributed by atoms with van der Waals surface area (Å²) in [6.45, 7) is 2.12. The number of carbonyl (C=O) groups is 2. The third-order valence-electron chi connectivity index (χ3n) is 5.72. The van der Waals surface area contributed by atoms with Gasteiger partial charge in [0.05, 0.1) is 6.54 Å². The van der Waals surface area contributed by atoms with Gasteiger partial charge >= 0.3 is 0 Å². The Morgan fingerprint density at radius 1 is 0.938 bits per heavy atom. The molecule has 6 heteroatoms. The van der Waals surface area contributed by atoms with Crippen LogP contribution in [0.4, 0.5) is 0 Å². The van der Waals surface area contributed by atoms with E-state index in [1.165, 1.54) is 0 Å². The quantitative estimate of drug-likeness (QED) is 0.625. The number of hydrogen-bond acceptors (Lipinski definition) is 5. The van der Waals surface area contributed by atoms with Crippen LogP contribution in [0.25, 0.3) is 11.1 Å². The second kappa shape index (κ2) is 8.38. The van der Waals surface area contributed by atoms with E-state index in [1.807, 2.05) is 54.6 Å². The molecule has 0 unspecified atom stereocenters. The standard InChI is InChI=1S/C26H23NO5/c1-16(28)20-6-2-3-7-21(20)17-10-11-22-18(12-17)13-19(31-22)14-27-26(29)25-15-30-23-8-4-5-9-24(23)32-25/h2-12,19,25H,13-15H2,1H3,(H,27,29)/t19-,25+/m1/s1. The number of Topliss-reactive ketones (excluding diaryl/α,β-unsaturated/α-hetero) is 1. The largest absolute Gasteiger partial charge is 0.488 e. The van der Waals surface area contributed by atoms with E-state index in [1.54, 1.807) is 13.0 Å². The first kappa shape index (κ1) is 20.1. The lowest BCUT2D eigenvalue weighted by Gasteiger charge is -2.25. The van der Waals surface area contributed by atoms with Gasteiger partial charge < -0.3 is 19.5 Å². The average molecular weight is 429 g/mol. The molecule has 0 saturated carbocycles. The Morgan fingerprint density at radius 2 is 1.72 bits per heavy atom. The van der Waals surface area contributed by atoms with Crippen molar-refractivity contribution in [3.05, 3.63) is 77.9 Å². The van der Waals surface area contributed by atoms with E-state index in [9.17, 15) is 9.59 Å². The number of para-hydroxylation sites is 2. The van der Waals surface area contributed by atoms with Crippen molar-refractivity contribution in [2.24, 2.45) is 0 Å². The summed E-state index contributed by atoms with van der Waals surface area (Å²) in [6, 6.07) is 20.9. The van der Waals surface area contributed by atoms with Crippen molar-refractivity contribution >= 4 is 11.7 Å². The van der Waals surface area contributed by atoms with Gasteiger partial charge in [-0.3, -0.25) is 9.59 Å². The molecule has 6 nitrogen and oxygen atoms in total. The fraction of sp³-hybridized carbons (Fsp3) is 0.231. The van der Waals surface area contributed by atoms with Crippen molar-refractivity contribution < 1.29 is 23.8 Å².